The maximum absolute atomic E-state index is 12.3. The monoisotopic (exact) mass is 570 g/mol. The fraction of sp³-hybridized carbons (Fsp3) is 0.367. The number of aromatic amines is 1. The first-order valence-electron chi connectivity index (χ1n) is 13.5. The quantitative estimate of drug-likeness (QED) is 0.284. The first-order valence-corrected chi connectivity index (χ1v) is 14.3. The molecule has 0 unspecified atom stereocenters. The third kappa shape index (κ3) is 4.01. The fourth-order valence-corrected chi connectivity index (χ4v) is 6.86. The zero-order valence-electron chi connectivity index (χ0n) is 21.4. The Morgan fingerprint density at radius 3 is 2.74 bits per heavy atom. The van der Waals surface area contributed by atoms with Gasteiger partial charge in [-0.2, -0.15) is 0 Å². The Morgan fingerprint density at radius 2 is 1.95 bits per heavy atom. The normalized spacial score (nSPS) is 20.2. The summed E-state index contributed by atoms with van der Waals surface area (Å²) in [7, 11) is 0. The van der Waals surface area contributed by atoms with Gasteiger partial charge in [0.05, 0.1) is 11.4 Å². The molecule has 194 valence electrons. The molecular weight excluding hydrogens is 540 g/mol. The zero-order valence-corrected chi connectivity index (χ0v) is 23.0. The number of nitrogens with zero attached hydrogens (tertiary/aromatic N) is 3. The summed E-state index contributed by atoms with van der Waals surface area (Å²) in [6, 6.07) is 14.7. The number of amides is 1. The first kappa shape index (κ1) is 23.9. The van der Waals surface area contributed by atoms with Crippen molar-refractivity contribution in [2.24, 2.45) is 17.1 Å². The van der Waals surface area contributed by atoms with Crippen LogP contribution in [0.15, 0.2) is 53.3 Å². The van der Waals surface area contributed by atoms with Crippen LogP contribution < -0.4 is 16.0 Å². The van der Waals surface area contributed by atoms with Crippen LogP contribution in [0.4, 0.5) is 11.5 Å². The number of hydrogen-bond donors (Lipinski definition) is 3. The summed E-state index contributed by atoms with van der Waals surface area (Å²) in [5.41, 5.74) is 14.3. The van der Waals surface area contributed by atoms with Crippen molar-refractivity contribution in [3.05, 3.63) is 70.1 Å². The van der Waals surface area contributed by atoms with Gasteiger partial charge in [-0.25, -0.2) is 9.97 Å². The number of nitrogens with two attached hydrogens (primary N) is 1. The number of nitrogens with one attached hydrogen (secondary N) is 2. The molecule has 1 saturated heterocycles. The number of carbonyl (C=O) groups excluding carboxylic acids is 1. The van der Waals surface area contributed by atoms with Gasteiger partial charge in [0.15, 0.2) is 5.82 Å². The largest absolute Gasteiger partial charge is 0.361 e. The minimum Gasteiger partial charge on any atom is -0.361 e. The van der Waals surface area contributed by atoms with Crippen molar-refractivity contribution in [1.82, 2.24) is 15.0 Å². The molecule has 2 aromatic carbocycles. The second-order valence-corrected chi connectivity index (χ2v) is 12.0. The Bertz CT molecular complexity index is 1570. The van der Waals surface area contributed by atoms with Gasteiger partial charge in [-0.15, -0.1) is 0 Å². The highest BCUT2D eigenvalue weighted by molar-refractivity contribution is 9.10. The van der Waals surface area contributed by atoms with Gasteiger partial charge in [-0.05, 0) is 101 Å². The highest BCUT2D eigenvalue weighted by atomic mass is 79.9. The summed E-state index contributed by atoms with van der Waals surface area (Å²) in [4.78, 5) is 27.8. The van der Waals surface area contributed by atoms with E-state index >= 15 is 0 Å². The van der Waals surface area contributed by atoms with Crippen molar-refractivity contribution in [2.45, 2.75) is 45.1 Å². The Kier molecular flexibility index (Phi) is 5.60. The van der Waals surface area contributed by atoms with E-state index in [4.69, 9.17) is 15.7 Å². The second-order valence-electron chi connectivity index (χ2n) is 11.2. The number of fused-ring (bicyclic) bond motifs is 2. The number of anilines is 2. The van der Waals surface area contributed by atoms with Gasteiger partial charge in [0, 0.05) is 48.0 Å². The van der Waals surface area contributed by atoms with E-state index in [1.54, 1.807) is 0 Å². The zero-order chi connectivity index (χ0) is 26.0. The summed E-state index contributed by atoms with van der Waals surface area (Å²) >= 11 is 3.73. The van der Waals surface area contributed by atoms with Crippen molar-refractivity contribution < 1.29 is 4.79 Å². The van der Waals surface area contributed by atoms with E-state index in [2.05, 4.69) is 67.5 Å². The second kappa shape index (κ2) is 8.92. The Hall–Kier alpha value is -3.23. The summed E-state index contributed by atoms with van der Waals surface area (Å²) in [5.74, 6) is 1.23. The number of aryl methyl sites for hydroxylation is 1. The molecule has 7 nitrogen and oxygen atoms in total. The van der Waals surface area contributed by atoms with E-state index in [0.29, 0.717) is 0 Å². The molecule has 1 saturated carbocycles. The van der Waals surface area contributed by atoms with Gasteiger partial charge in [-0.3, -0.25) is 4.79 Å². The van der Waals surface area contributed by atoms with E-state index < -0.39 is 0 Å². The topological polar surface area (TPSA) is 99.9 Å². The molecule has 3 aliphatic rings. The maximum Gasteiger partial charge on any atom is 0.227 e. The number of halogens is 1. The van der Waals surface area contributed by atoms with Crippen LogP contribution in [0.1, 0.15) is 48.5 Å². The molecule has 0 radical (unpaired) electrons. The van der Waals surface area contributed by atoms with Crippen LogP contribution in [0.25, 0.3) is 22.2 Å². The molecule has 4 N–H and O–H groups in total. The molecule has 4 aromatic rings. The highest BCUT2D eigenvalue weighted by Crippen LogP contribution is 2.52. The van der Waals surface area contributed by atoms with Crippen molar-refractivity contribution in [3.8, 4) is 11.3 Å². The minimum atomic E-state index is -0.0287. The van der Waals surface area contributed by atoms with Gasteiger partial charge in [0.1, 0.15) is 4.60 Å². The minimum absolute atomic E-state index is 0.0287. The lowest BCUT2D eigenvalue weighted by Gasteiger charge is -2.42. The Morgan fingerprint density at radius 1 is 1.13 bits per heavy atom. The maximum atomic E-state index is 12.3. The van der Waals surface area contributed by atoms with Gasteiger partial charge in [0.25, 0.3) is 0 Å². The molecule has 8 heteroatoms. The Labute approximate surface area is 230 Å². The summed E-state index contributed by atoms with van der Waals surface area (Å²) < 4.78 is 0.774. The summed E-state index contributed by atoms with van der Waals surface area (Å²) in [6.45, 7) is 3.80. The van der Waals surface area contributed by atoms with Crippen LogP contribution in [0.5, 0.6) is 0 Å². The lowest BCUT2D eigenvalue weighted by Crippen LogP contribution is -2.44. The molecule has 1 amide bonds. The summed E-state index contributed by atoms with van der Waals surface area (Å²) in [5, 5.41) is 4.27. The molecule has 3 heterocycles. The van der Waals surface area contributed by atoms with Crippen LogP contribution in [-0.4, -0.2) is 33.9 Å². The molecular formula is C30H31BrN6O. The fourth-order valence-electron chi connectivity index (χ4n) is 6.34. The molecule has 0 bridgehead atoms. The highest BCUT2D eigenvalue weighted by Gasteiger charge is 2.46. The molecule has 38 heavy (non-hydrogen) atoms. The lowest BCUT2D eigenvalue weighted by atomic mass is 9.73. The predicted molar refractivity (Wildman–Crippen MR) is 154 cm³/mol. The van der Waals surface area contributed by atoms with Gasteiger partial charge in [0.2, 0.25) is 5.91 Å². The van der Waals surface area contributed by atoms with E-state index in [1.807, 2.05) is 19.2 Å². The average Bonchev–Trinajstić information content (AvgIpc) is 3.62. The van der Waals surface area contributed by atoms with E-state index in [0.717, 1.165) is 83.8 Å². The third-order valence-corrected chi connectivity index (χ3v) is 9.33. The van der Waals surface area contributed by atoms with Crippen molar-refractivity contribution >= 4 is 44.2 Å². The SMILES string of the molecule is Cc1nc(N2CCC3(CC2)Cc2ccc(NC(=O)C4CC4)cc2[C@H]3N)c(Br)nc1-c1ccc2cc[nH]c2c1. The van der Waals surface area contributed by atoms with Crippen molar-refractivity contribution in [2.75, 3.05) is 23.3 Å². The number of H-pyrrole nitrogens is 1. The van der Waals surface area contributed by atoms with Gasteiger partial charge in [-0.1, -0.05) is 18.2 Å². The number of hydrogen-bond acceptors (Lipinski definition) is 5. The van der Waals surface area contributed by atoms with Gasteiger partial charge < -0.3 is 20.9 Å². The van der Waals surface area contributed by atoms with Crippen LogP contribution in [0.2, 0.25) is 0 Å². The third-order valence-electron chi connectivity index (χ3n) is 8.80. The number of benzene rings is 2. The molecule has 2 fully saturated rings. The molecule has 1 atom stereocenters. The number of aromatic nitrogens is 3. The first-order chi connectivity index (χ1) is 18.4. The molecule has 7 rings (SSSR count). The number of rotatable bonds is 4. The average molecular weight is 572 g/mol. The molecule has 1 aliphatic heterocycles. The van der Waals surface area contributed by atoms with E-state index in [-0.39, 0.29) is 23.3 Å². The van der Waals surface area contributed by atoms with E-state index in [1.165, 1.54) is 16.5 Å². The lowest BCUT2D eigenvalue weighted by molar-refractivity contribution is -0.117. The summed E-state index contributed by atoms with van der Waals surface area (Å²) in [6.07, 6.45) is 6.93. The van der Waals surface area contributed by atoms with Crippen LogP contribution in [0.3, 0.4) is 0 Å². The molecule has 2 aliphatic carbocycles. The predicted octanol–water partition coefficient (Wildman–Crippen LogP) is 5.89. The van der Waals surface area contributed by atoms with Gasteiger partial charge >= 0.3 is 0 Å². The van der Waals surface area contributed by atoms with Crippen molar-refractivity contribution in [1.29, 1.82) is 0 Å². The van der Waals surface area contributed by atoms with Crippen LogP contribution >= 0.6 is 15.9 Å². The molecule has 1 spiro atoms. The Balaban J connectivity index is 1.08. The smallest absolute Gasteiger partial charge is 0.227 e. The van der Waals surface area contributed by atoms with Crippen LogP contribution in [-0.2, 0) is 11.2 Å². The number of carbonyl (C=O) groups is 1. The van der Waals surface area contributed by atoms with Crippen molar-refractivity contribution in [3.63, 3.8) is 0 Å². The molecule has 2 aromatic heterocycles. The van der Waals surface area contributed by atoms with E-state index in [9.17, 15) is 4.79 Å². The number of piperidine rings is 1. The van der Waals surface area contributed by atoms with Crippen LogP contribution in [0, 0.1) is 18.3 Å². The standard InChI is InChI=1S/C30H31BrN6O/c1-17-25(20-5-2-18-8-11-33-24(18)14-20)36-27(31)28(34-17)37-12-9-30(10-13-37)16-21-6-7-22(15-23(21)26(30)32)35-29(38)19-3-4-19/h2,5-8,11,14-15,19,26,33H,3-4,9-10,12-13,16,32H2,1H3,(H,35,38)/t26-/m1/s1.